The van der Waals surface area contributed by atoms with Crippen LogP contribution in [0.5, 0.6) is 0 Å². The van der Waals surface area contributed by atoms with Crippen LogP contribution in [0, 0.1) is 5.92 Å². The van der Waals surface area contributed by atoms with E-state index in [1.54, 1.807) is 0 Å². The molecule has 0 aromatic rings. The van der Waals surface area contributed by atoms with Crippen LogP contribution in [0.4, 0.5) is 0 Å². The SMILES string of the molecule is COC(CN)C(=O)N1CC(C)CC1C.Cl. The van der Waals surface area contributed by atoms with Crippen molar-refractivity contribution in [2.45, 2.75) is 32.4 Å². The number of nitrogens with zero attached hydrogens (tertiary/aromatic N) is 1. The molecule has 0 aromatic heterocycles. The molecule has 1 heterocycles. The third-order valence-electron chi connectivity index (χ3n) is 2.84. The molecule has 90 valence electrons. The molecule has 1 aliphatic rings. The van der Waals surface area contributed by atoms with Gasteiger partial charge in [-0.25, -0.2) is 0 Å². The third-order valence-corrected chi connectivity index (χ3v) is 2.84. The van der Waals surface area contributed by atoms with Gasteiger partial charge in [0.25, 0.3) is 5.91 Å². The van der Waals surface area contributed by atoms with Gasteiger partial charge in [-0.2, -0.15) is 0 Å². The largest absolute Gasteiger partial charge is 0.370 e. The zero-order chi connectivity index (χ0) is 10.7. The second kappa shape index (κ2) is 6.30. The minimum Gasteiger partial charge on any atom is -0.370 e. The highest BCUT2D eigenvalue weighted by Crippen LogP contribution is 2.23. The Morgan fingerprint density at radius 1 is 1.60 bits per heavy atom. The number of hydrogen-bond donors (Lipinski definition) is 1. The maximum Gasteiger partial charge on any atom is 0.253 e. The van der Waals surface area contributed by atoms with Gasteiger partial charge in [-0.1, -0.05) is 6.92 Å². The van der Waals surface area contributed by atoms with Crippen LogP contribution in [0.3, 0.4) is 0 Å². The molecule has 0 radical (unpaired) electrons. The van der Waals surface area contributed by atoms with Gasteiger partial charge in [0.15, 0.2) is 0 Å². The first-order valence-electron chi connectivity index (χ1n) is 5.13. The molecule has 3 unspecified atom stereocenters. The lowest BCUT2D eigenvalue weighted by Crippen LogP contribution is -2.45. The van der Waals surface area contributed by atoms with Crippen molar-refractivity contribution in [3.63, 3.8) is 0 Å². The number of rotatable bonds is 3. The summed E-state index contributed by atoms with van der Waals surface area (Å²) in [5.41, 5.74) is 5.46. The van der Waals surface area contributed by atoms with E-state index in [0.717, 1.165) is 13.0 Å². The molecule has 1 aliphatic heterocycles. The van der Waals surface area contributed by atoms with E-state index in [1.807, 2.05) is 4.90 Å². The number of methoxy groups -OCH3 is 1. The molecule has 1 rings (SSSR count). The predicted molar refractivity (Wildman–Crippen MR) is 62.1 cm³/mol. The highest BCUT2D eigenvalue weighted by atomic mass is 35.5. The second-order valence-electron chi connectivity index (χ2n) is 4.14. The molecule has 2 N–H and O–H groups in total. The minimum absolute atomic E-state index is 0. The maximum atomic E-state index is 11.9. The number of halogens is 1. The van der Waals surface area contributed by atoms with Gasteiger partial charge in [-0.15, -0.1) is 12.4 Å². The summed E-state index contributed by atoms with van der Waals surface area (Å²) >= 11 is 0. The fourth-order valence-corrected chi connectivity index (χ4v) is 2.09. The molecule has 1 amide bonds. The van der Waals surface area contributed by atoms with Crippen LogP contribution in [0.15, 0.2) is 0 Å². The number of ether oxygens (including phenoxy) is 1. The topological polar surface area (TPSA) is 55.6 Å². The van der Waals surface area contributed by atoms with Gasteiger partial charge in [0.05, 0.1) is 0 Å². The van der Waals surface area contributed by atoms with Gasteiger partial charge >= 0.3 is 0 Å². The number of likely N-dealkylation sites (tertiary alicyclic amines) is 1. The molecular weight excluding hydrogens is 216 g/mol. The second-order valence-corrected chi connectivity index (χ2v) is 4.14. The van der Waals surface area contributed by atoms with Crippen molar-refractivity contribution in [1.29, 1.82) is 0 Å². The smallest absolute Gasteiger partial charge is 0.253 e. The summed E-state index contributed by atoms with van der Waals surface area (Å²) in [4.78, 5) is 13.8. The predicted octanol–water partition coefficient (Wildman–Crippen LogP) is 0.639. The van der Waals surface area contributed by atoms with Crippen LogP contribution in [-0.2, 0) is 9.53 Å². The standard InChI is InChI=1S/C10H20N2O2.ClH/c1-7-4-8(2)12(6-7)10(13)9(5-11)14-3;/h7-9H,4-6,11H2,1-3H3;1H. The first-order valence-corrected chi connectivity index (χ1v) is 5.13. The van der Waals surface area contributed by atoms with Crippen LogP contribution in [0.1, 0.15) is 20.3 Å². The molecule has 4 nitrogen and oxygen atoms in total. The number of hydrogen-bond acceptors (Lipinski definition) is 3. The lowest BCUT2D eigenvalue weighted by atomic mass is 10.1. The summed E-state index contributed by atoms with van der Waals surface area (Å²) < 4.78 is 5.04. The van der Waals surface area contributed by atoms with Crippen LogP contribution in [-0.4, -0.2) is 43.2 Å². The van der Waals surface area contributed by atoms with E-state index in [9.17, 15) is 4.79 Å². The normalized spacial score (nSPS) is 27.3. The molecule has 0 aliphatic carbocycles. The van der Waals surface area contributed by atoms with Crippen molar-refractivity contribution in [2.75, 3.05) is 20.2 Å². The van der Waals surface area contributed by atoms with Crippen molar-refractivity contribution in [3.05, 3.63) is 0 Å². The van der Waals surface area contributed by atoms with Crippen molar-refractivity contribution >= 4 is 18.3 Å². The van der Waals surface area contributed by atoms with Crippen LogP contribution in [0.2, 0.25) is 0 Å². The zero-order valence-electron chi connectivity index (χ0n) is 9.60. The van der Waals surface area contributed by atoms with E-state index >= 15 is 0 Å². The molecule has 0 bridgehead atoms. The molecule has 3 atom stereocenters. The van der Waals surface area contributed by atoms with Gasteiger partial charge in [0.1, 0.15) is 6.10 Å². The summed E-state index contributed by atoms with van der Waals surface area (Å²) in [6.07, 6.45) is 0.606. The average Bonchev–Trinajstić information content (AvgIpc) is 2.47. The van der Waals surface area contributed by atoms with Gasteiger partial charge < -0.3 is 15.4 Å². The zero-order valence-corrected chi connectivity index (χ0v) is 10.4. The molecule has 15 heavy (non-hydrogen) atoms. The van der Waals surface area contributed by atoms with Crippen molar-refractivity contribution in [1.82, 2.24) is 4.90 Å². The molecule has 0 aromatic carbocycles. The molecule has 1 fully saturated rings. The Kier molecular flexibility index (Phi) is 6.17. The number of carbonyl (C=O) groups excluding carboxylic acids is 1. The fourth-order valence-electron chi connectivity index (χ4n) is 2.09. The van der Waals surface area contributed by atoms with Gasteiger partial charge in [-0.05, 0) is 19.3 Å². The fraction of sp³-hybridized carbons (Fsp3) is 0.900. The Labute approximate surface area is 97.5 Å². The van der Waals surface area contributed by atoms with E-state index in [4.69, 9.17) is 10.5 Å². The van der Waals surface area contributed by atoms with E-state index in [1.165, 1.54) is 7.11 Å². The summed E-state index contributed by atoms with van der Waals surface area (Å²) in [5, 5.41) is 0. The number of nitrogens with two attached hydrogens (primary N) is 1. The first kappa shape index (κ1) is 14.7. The number of amides is 1. The summed E-state index contributed by atoms with van der Waals surface area (Å²) in [6.45, 7) is 5.32. The lowest BCUT2D eigenvalue weighted by Gasteiger charge is -2.25. The van der Waals surface area contributed by atoms with Gasteiger partial charge in [0.2, 0.25) is 0 Å². The van der Waals surface area contributed by atoms with Crippen molar-refractivity contribution in [3.8, 4) is 0 Å². The molecule has 5 heteroatoms. The molecule has 0 spiro atoms. The van der Waals surface area contributed by atoms with Crippen molar-refractivity contribution in [2.24, 2.45) is 11.7 Å². The highest BCUT2D eigenvalue weighted by molar-refractivity contribution is 5.85. The monoisotopic (exact) mass is 236 g/mol. The quantitative estimate of drug-likeness (QED) is 0.783. The molecule has 1 saturated heterocycles. The Morgan fingerprint density at radius 2 is 2.20 bits per heavy atom. The summed E-state index contributed by atoms with van der Waals surface area (Å²) in [7, 11) is 1.53. The lowest BCUT2D eigenvalue weighted by molar-refractivity contribution is -0.142. The Morgan fingerprint density at radius 3 is 2.53 bits per heavy atom. The van der Waals surface area contributed by atoms with Crippen LogP contribution >= 0.6 is 12.4 Å². The first-order chi connectivity index (χ1) is 6.60. The van der Waals surface area contributed by atoms with Crippen LogP contribution in [0.25, 0.3) is 0 Å². The van der Waals surface area contributed by atoms with E-state index < -0.39 is 6.10 Å². The van der Waals surface area contributed by atoms with E-state index in [2.05, 4.69) is 13.8 Å². The maximum absolute atomic E-state index is 11.9. The van der Waals surface area contributed by atoms with E-state index in [-0.39, 0.29) is 24.9 Å². The minimum atomic E-state index is -0.470. The Bertz CT molecular complexity index is 210. The van der Waals surface area contributed by atoms with Gasteiger partial charge in [0, 0.05) is 26.2 Å². The third kappa shape index (κ3) is 3.33. The Hall–Kier alpha value is -0.320. The highest BCUT2D eigenvalue weighted by Gasteiger charge is 2.33. The molecule has 0 saturated carbocycles. The average molecular weight is 237 g/mol. The molecular formula is C10H21ClN2O2. The summed E-state index contributed by atoms with van der Waals surface area (Å²) in [6, 6.07) is 0.321. The Balaban J connectivity index is 0.00000196. The van der Waals surface area contributed by atoms with Crippen molar-refractivity contribution < 1.29 is 9.53 Å². The van der Waals surface area contributed by atoms with E-state index in [0.29, 0.717) is 12.0 Å². The van der Waals surface area contributed by atoms with Crippen LogP contribution < -0.4 is 5.73 Å². The van der Waals surface area contributed by atoms with Gasteiger partial charge in [-0.3, -0.25) is 4.79 Å². The number of carbonyl (C=O) groups is 1. The summed E-state index contributed by atoms with van der Waals surface area (Å²) in [5.74, 6) is 0.621.